The monoisotopic (exact) mass is 244 g/mol. The van der Waals surface area contributed by atoms with Crippen LogP contribution in [0, 0.1) is 6.92 Å². The van der Waals surface area contributed by atoms with Crippen LogP contribution in [0.15, 0.2) is 24.3 Å². The van der Waals surface area contributed by atoms with Crippen molar-refractivity contribution in [3.05, 3.63) is 29.8 Å². The molecule has 4 heteroatoms. The molecule has 0 saturated carbocycles. The summed E-state index contributed by atoms with van der Waals surface area (Å²) >= 11 is 0. The van der Waals surface area contributed by atoms with Gasteiger partial charge in [0.2, 0.25) is 0 Å². The van der Waals surface area contributed by atoms with Gasteiger partial charge in [0.1, 0.15) is 11.6 Å². The maximum Gasteiger partial charge on any atom is 0.129 e. The summed E-state index contributed by atoms with van der Waals surface area (Å²) in [6.07, 6.45) is -0.215. The summed E-state index contributed by atoms with van der Waals surface area (Å²) in [6.45, 7) is 3.42. The average Bonchev–Trinajstić information content (AvgIpc) is 2.34. The Labute approximate surface area is 106 Å². The van der Waals surface area contributed by atoms with E-state index >= 15 is 0 Å². The SMILES string of the molecule is COc1ccc2c(C)cc(N3CC(O)C3)nc2c1. The van der Waals surface area contributed by atoms with Crippen molar-refractivity contribution in [2.75, 3.05) is 25.1 Å². The highest BCUT2D eigenvalue weighted by Gasteiger charge is 2.25. The number of rotatable bonds is 2. The van der Waals surface area contributed by atoms with Gasteiger partial charge in [-0.1, -0.05) is 0 Å². The zero-order valence-electron chi connectivity index (χ0n) is 10.6. The molecule has 2 heterocycles. The molecule has 4 nitrogen and oxygen atoms in total. The fourth-order valence-electron chi connectivity index (χ4n) is 2.30. The van der Waals surface area contributed by atoms with Gasteiger partial charge in [0.15, 0.2) is 0 Å². The summed E-state index contributed by atoms with van der Waals surface area (Å²) in [7, 11) is 1.66. The lowest BCUT2D eigenvalue weighted by Gasteiger charge is -2.37. The molecule has 0 radical (unpaired) electrons. The molecule has 18 heavy (non-hydrogen) atoms. The molecule has 1 aliphatic heterocycles. The van der Waals surface area contributed by atoms with Gasteiger partial charge in [0.05, 0.1) is 18.7 Å². The van der Waals surface area contributed by atoms with E-state index in [0.717, 1.165) is 22.5 Å². The second-order valence-corrected chi connectivity index (χ2v) is 4.74. The molecule has 94 valence electrons. The Morgan fingerprint density at radius 1 is 1.33 bits per heavy atom. The van der Waals surface area contributed by atoms with Gasteiger partial charge in [0, 0.05) is 24.5 Å². The van der Waals surface area contributed by atoms with E-state index in [-0.39, 0.29) is 6.10 Å². The van der Waals surface area contributed by atoms with E-state index in [1.54, 1.807) is 7.11 Å². The summed E-state index contributed by atoms with van der Waals surface area (Å²) in [6, 6.07) is 8.00. The maximum absolute atomic E-state index is 9.35. The molecule has 1 fully saturated rings. The topological polar surface area (TPSA) is 45.6 Å². The fraction of sp³-hybridized carbons (Fsp3) is 0.357. The number of aromatic nitrogens is 1. The zero-order valence-corrected chi connectivity index (χ0v) is 10.6. The zero-order chi connectivity index (χ0) is 12.7. The van der Waals surface area contributed by atoms with E-state index in [1.165, 1.54) is 5.56 Å². The number of hydrogen-bond acceptors (Lipinski definition) is 4. The van der Waals surface area contributed by atoms with Crippen LogP contribution in [0.1, 0.15) is 5.56 Å². The van der Waals surface area contributed by atoms with Crippen molar-refractivity contribution in [3.63, 3.8) is 0 Å². The van der Waals surface area contributed by atoms with Crippen LogP contribution in [0.3, 0.4) is 0 Å². The number of hydrogen-bond donors (Lipinski definition) is 1. The minimum atomic E-state index is -0.215. The van der Waals surface area contributed by atoms with Gasteiger partial charge in [-0.2, -0.15) is 0 Å². The lowest BCUT2D eigenvalue weighted by Crippen LogP contribution is -2.51. The number of anilines is 1. The van der Waals surface area contributed by atoms with E-state index < -0.39 is 0 Å². The summed E-state index contributed by atoms with van der Waals surface area (Å²) in [5.41, 5.74) is 2.13. The molecule has 0 atom stereocenters. The van der Waals surface area contributed by atoms with Crippen molar-refractivity contribution in [2.45, 2.75) is 13.0 Å². The van der Waals surface area contributed by atoms with Crippen LogP contribution in [0.4, 0.5) is 5.82 Å². The molecule has 0 aliphatic carbocycles. The van der Waals surface area contributed by atoms with Crippen molar-refractivity contribution in [1.82, 2.24) is 4.98 Å². The number of pyridine rings is 1. The van der Waals surface area contributed by atoms with E-state index in [4.69, 9.17) is 4.74 Å². The Balaban J connectivity index is 2.07. The van der Waals surface area contributed by atoms with Crippen molar-refractivity contribution < 1.29 is 9.84 Å². The molecule has 1 saturated heterocycles. The van der Waals surface area contributed by atoms with Gasteiger partial charge in [-0.15, -0.1) is 0 Å². The Kier molecular flexibility index (Phi) is 2.59. The molecule has 0 spiro atoms. The molecule has 3 rings (SSSR count). The standard InChI is InChI=1S/C14H16N2O2/c1-9-5-14(16-7-10(17)8-16)15-13-6-11(18-2)3-4-12(9)13/h3-6,10,17H,7-8H2,1-2H3. The third kappa shape index (κ3) is 1.78. The molecular weight excluding hydrogens is 228 g/mol. The quantitative estimate of drug-likeness (QED) is 0.874. The van der Waals surface area contributed by atoms with Crippen LogP contribution in [0.2, 0.25) is 0 Å². The molecule has 0 amide bonds. The number of aryl methyl sites for hydroxylation is 1. The third-order valence-electron chi connectivity index (χ3n) is 3.40. The summed E-state index contributed by atoms with van der Waals surface area (Å²) < 4.78 is 5.23. The minimum absolute atomic E-state index is 0.215. The fourth-order valence-corrected chi connectivity index (χ4v) is 2.30. The second kappa shape index (κ2) is 4.14. The number of aliphatic hydroxyl groups is 1. The van der Waals surface area contributed by atoms with Gasteiger partial charge in [0.25, 0.3) is 0 Å². The predicted octanol–water partition coefficient (Wildman–Crippen LogP) is 1.73. The Hall–Kier alpha value is -1.81. The van der Waals surface area contributed by atoms with Crippen LogP contribution < -0.4 is 9.64 Å². The second-order valence-electron chi connectivity index (χ2n) is 4.74. The number of aliphatic hydroxyl groups excluding tert-OH is 1. The molecule has 1 aromatic heterocycles. The Morgan fingerprint density at radius 3 is 2.78 bits per heavy atom. The largest absolute Gasteiger partial charge is 0.497 e. The van der Waals surface area contributed by atoms with Gasteiger partial charge in [-0.25, -0.2) is 4.98 Å². The number of ether oxygens (including phenoxy) is 1. The first-order valence-electron chi connectivity index (χ1n) is 6.06. The highest BCUT2D eigenvalue weighted by Crippen LogP contribution is 2.27. The highest BCUT2D eigenvalue weighted by atomic mass is 16.5. The van der Waals surface area contributed by atoms with Crippen molar-refractivity contribution >= 4 is 16.7 Å². The number of benzene rings is 1. The molecular formula is C14H16N2O2. The van der Waals surface area contributed by atoms with E-state index in [2.05, 4.69) is 22.9 Å². The third-order valence-corrected chi connectivity index (χ3v) is 3.40. The number of β-amino-alcohol motifs (C(OH)–C–C–N with tert-alkyl or cyclic N) is 1. The minimum Gasteiger partial charge on any atom is -0.497 e. The molecule has 0 bridgehead atoms. The summed E-state index contributed by atoms with van der Waals surface area (Å²) in [4.78, 5) is 6.72. The Morgan fingerprint density at radius 2 is 2.11 bits per heavy atom. The van der Waals surface area contributed by atoms with Crippen LogP contribution in [0.5, 0.6) is 5.75 Å². The molecule has 1 aromatic carbocycles. The van der Waals surface area contributed by atoms with E-state index in [9.17, 15) is 5.11 Å². The maximum atomic E-state index is 9.35. The average molecular weight is 244 g/mol. The van der Waals surface area contributed by atoms with E-state index in [0.29, 0.717) is 13.1 Å². The summed E-state index contributed by atoms with van der Waals surface area (Å²) in [5.74, 6) is 1.74. The van der Waals surface area contributed by atoms with E-state index in [1.807, 2.05) is 18.2 Å². The van der Waals surface area contributed by atoms with Crippen molar-refractivity contribution in [3.8, 4) is 5.75 Å². The first kappa shape index (κ1) is 11.3. The van der Waals surface area contributed by atoms with Gasteiger partial charge < -0.3 is 14.7 Å². The van der Waals surface area contributed by atoms with Crippen molar-refractivity contribution in [2.24, 2.45) is 0 Å². The number of fused-ring (bicyclic) bond motifs is 1. The smallest absolute Gasteiger partial charge is 0.129 e. The molecule has 1 aliphatic rings. The molecule has 1 N–H and O–H groups in total. The van der Waals surface area contributed by atoms with Gasteiger partial charge in [-0.05, 0) is 30.7 Å². The number of methoxy groups -OCH3 is 1. The highest BCUT2D eigenvalue weighted by molar-refractivity contribution is 5.85. The lowest BCUT2D eigenvalue weighted by molar-refractivity contribution is 0.141. The first-order chi connectivity index (χ1) is 8.67. The Bertz CT molecular complexity index is 592. The summed E-state index contributed by atoms with van der Waals surface area (Å²) in [5, 5.41) is 10.5. The van der Waals surface area contributed by atoms with Crippen LogP contribution in [-0.2, 0) is 0 Å². The van der Waals surface area contributed by atoms with Crippen molar-refractivity contribution in [1.29, 1.82) is 0 Å². The van der Waals surface area contributed by atoms with Gasteiger partial charge >= 0.3 is 0 Å². The first-order valence-corrected chi connectivity index (χ1v) is 6.06. The van der Waals surface area contributed by atoms with Crippen LogP contribution in [-0.4, -0.2) is 36.4 Å². The predicted molar refractivity (Wildman–Crippen MR) is 71.3 cm³/mol. The normalized spacial score (nSPS) is 15.8. The molecule has 2 aromatic rings. The number of nitrogens with zero attached hydrogens (tertiary/aromatic N) is 2. The van der Waals surface area contributed by atoms with Gasteiger partial charge in [-0.3, -0.25) is 0 Å². The van der Waals surface area contributed by atoms with Crippen LogP contribution >= 0.6 is 0 Å². The lowest BCUT2D eigenvalue weighted by atomic mass is 10.1. The van der Waals surface area contributed by atoms with Crippen LogP contribution in [0.25, 0.3) is 10.9 Å². The molecule has 0 unspecified atom stereocenters.